The van der Waals surface area contributed by atoms with Gasteiger partial charge < -0.3 is 15.1 Å². The van der Waals surface area contributed by atoms with E-state index in [-0.39, 0.29) is 24.0 Å². The van der Waals surface area contributed by atoms with Gasteiger partial charge in [-0.1, -0.05) is 29.8 Å². The predicted octanol–water partition coefficient (Wildman–Crippen LogP) is 4.89. The molecule has 27 heavy (non-hydrogen) atoms. The molecule has 5 nitrogen and oxygen atoms in total. The summed E-state index contributed by atoms with van der Waals surface area (Å²) in [4.78, 5) is 11.5. The van der Waals surface area contributed by atoms with Crippen molar-refractivity contribution >= 4 is 41.3 Å². The van der Waals surface area contributed by atoms with Gasteiger partial charge in [0, 0.05) is 21.9 Å². The van der Waals surface area contributed by atoms with Crippen molar-refractivity contribution in [2.24, 2.45) is 4.99 Å². The van der Waals surface area contributed by atoms with Crippen LogP contribution in [0.4, 0.5) is 0 Å². The van der Waals surface area contributed by atoms with Crippen molar-refractivity contribution in [2.45, 2.75) is 33.9 Å². The van der Waals surface area contributed by atoms with Gasteiger partial charge in [-0.2, -0.15) is 0 Å². The molecule has 0 radical (unpaired) electrons. The zero-order valence-electron chi connectivity index (χ0n) is 15.8. The van der Waals surface area contributed by atoms with Gasteiger partial charge >= 0.3 is 0 Å². The van der Waals surface area contributed by atoms with Gasteiger partial charge in [0.05, 0.1) is 12.7 Å². The van der Waals surface area contributed by atoms with Crippen LogP contribution in [-0.4, -0.2) is 17.5 Å². The van der Waals surface area contributed by atoms with Crippen LogP contribution in [0.15, 0.2) is 52.0 Å². The number of oxazole rings is 1. The first-order valence-corrected chi connectivity index (χ1v) is 9.55. The van der Waals surface area contributed by atoms with Crippen LogP contribution in [0.1, 0.15) is 28.1 Å². The van der Waals surface area contributed by atoms with Crippen molar-refractivity contribution in [2.75, 3.05) is 6.54 Å². The van der Waals surface area contributed by atoms with Crippen LogP contribution in [0, 0.1) is 13.8 Å². The van der Waals surface area contributed by atoms with Crippen molar-refractivity contribution in [3.63, 3.8) is 0 Å². The van der Waals surface area contributed by atoms with Crippen LogP contribution >= 0.6 is 35.3 Å². The topological polar surface area (TPSA) is 62.5 Å². The lowest BCUT2D eigenvalue weighted by Gasteiger charge is -2.09. The van der Waals surface area contributed by atoms with Crippen molar-refractivity contribution in [1.29, 1.82) is 0 Å². The molecule has 0 unspecified atom stereocenters. The van der Waals surface area contributed by atoms with Gasteiger partial charge in [-0.05, 0) is 32.9 Å². The van der Waals surface area contributed by atoms with Crippen LogP contribution < -0.4 is 10.6 Å². The highest BCUT2D eigenvalue weighted by Gasteiger charge is 2.07. The van der Waals surface area contributed by atoms with Gasteiger partial charge in [-0.25, -0.2) is 9.98 Å². The van der Waals surface area contributed by atoms with E-state index in [4.69, 9.17) is 4.42 Å². The number of aromatic nitrogens is 1. The average Bonchev–Trinajstić information content (AvgIpc) is 3.27. The number of hydrogen-bond donors (Lipinski definition) is 2. The Morgan fingerprint density at radius 3 is 2.56 bits per heavy atom. The number of guanidine groups is 1. The minimum atomic E-state index is 0. The summed E-state index contributed by atoms with van der Waals surface area (Å²) in [5.74, 6) is 2.13. The molecule has 0 saturated carbocycles. The highest BCUT2D eigenvalue weighted by Crippen LogP contribution is 2.21. The maximum atomic E-state index is 5.83. The molecule has 0 spiro atoms. The Kier molecular flexibility index (Phi) is 8.30. The van der Waals surface area contributed by atoms with Crippen molar-refractivity contribution < 1.29 is 4.42 Å². The number of aliphatic imine (C=N–C) groups is 1. The first kappa shape index (κ1) is 21.4. The number of thiophene rings is 1. The minimum Gasteiger partial charge on any atom is -0.439 e. The number of nitrogens with zero attached hydrogens (tertiary/aromatic N) is 2. The van der Waals surface area contributed by atoms with Gasteiger partial charge in [0.1, 0.15) is 6.54 Å². The average molecular weight is 496 g/mol. The summed E-state index contributed by atoms with van der Waals surface area (Å²) in [6.45, 7) is 8.18. The molecular weight excluding hydrogens is 471 g/mol. The summed E-state index contributed by atoms with van der Waals surface area (Å²) in [5, 5.41) is 6.59. The molecule has 7 heteroatoms. The lowest BCUT2D eigenvalue weighted by Crippen LogP contribution is -2.36. The van der Waals surface area contributed by atoms with Crippen molar-refractivity contribution in [3.05, 3.63) is 63.8 Å². The zero-order chi connectivity index (χ0) is 18.4. The number of aryl methyl sites for hydroxylation is 2. The molecular formula is C20H25IN4OS. The summed E-state index contributed by atoms with van der Waals surface area (Å²) in [7, 11) is 0. The second-order valence-corrected chi connectivity index (χ2v) is 7.42. The normalized spacial score (nSPS) is 11.1. The molecule has 3 aromatic rings. The third kappa shape index (κ3) is 6.35. The van der Waals surface area contributed by atoms with Gasteiger partial charge in [0.2, 0.25) is 5.89 Å². The fourth-order valence-corrected chi connectivity index (χ4v) is 3.30. The molecule has 0 amide bonds. The van der Waals surface area contributed by atoms with E-state index >= 15 is 0 Å². The lowest BCUT2D eigenvalue weighted by atomic mass is 10.1. The Morgan fingerprint density at radius 1 is 1.11 bits per heavy atom. The van der Waals surface area contributed by atoms with Crippen LogP contribution in [0.25, 0.3) is 11.3 Å². The van der Waals surface area contributed by atoms with E-state index < -0.39 is 0 Å². The second kappa shape index (κ2) is 10.5. The van der Waals surface area contributed by atoms with E-state index in [0.29, 0.717) is 12.4 Å². The monoisotopic (exact) mass is 496 g/mol. The SMILES string of the molecule is CCNC(=NCc1ncc(-c2ccc(C)cc2)o1)NCc1ccc(C)s1.I. The summed E-state index contributed by atoms with van der Waals surface area (Å²) >= 11 is 1.79. The minimum absolute atomic E-state index is 0. The molecule has 0 saturated heterocycles. The van der Waals surface area contributed by atoms with Crippen LogP contribution in [-0.2, 0) is 13.1 Å². The molecule has 0 aliphatic heterocycles. The van der Waals surface area contributed by atoms with Gasteiger partial charge in [0.15, 0.2) is 11.7 Å². The highest BCUT2D eigenvalue weighted by atomic mass is 127. The molecule has 144 valence electrons. The summed E-state index contributed by atoms with van der Waals surface area (Å²) in [5.41, 5.74) is 2.25. The Bertz CT molecular complexity index is 870. The third-order valence-electron chi connectivity index (χ3n) is 3.83. The van der Waals surface area contributed by atoms with Gasteiger partial charge in [-0.3, -0.25) is 0 Å². The Morgan fingerprint density at radius 2 is 1.89 bits per heavy atom. The molecule has 0 fully saturated rings. The number of rotatable bonds is 6. The van der Waals surface area contributed by atoms with Gasteiger partial charge in [0.25, 0.3) is 0 Å². The van der Waals surface area contributed by atoms with Crippen LogP contribution in [0.5, 0.6) is 0 Å². The number of halogens is 1. The first-order valence-electron chi connectivity index (χ1n) is 8.73. The smallest absolute Gasteiger partial charge is 0.216 e. The lowest BCUT2D eigenvalue weighted by molar-refractivity contribution is 0.509. The molecule has 0 atom stereocenters. The van der Waals surface area contributed by atoms with Gasteiger partial charge in [-0.15, -0.1) is 35.3 Å². The fourth-order valence-electron chi connectivity index (χ4n) is 2.47. The van der Waals surface area contributed by atoms with Crippen LogP contribution in [0.3, 0.4) is 0 Å². The quantitative estimate of drug-likeness (QED) is 0.290. The number of hydrogen-bond acceptors (Lipinski definition) is 4. The second-order valence-electron chi connectivity index (χ2n) is 6.05. The number of nitrogens with one attached hydrogen (secondary N) is 2. The van der Waals surface area contributed by atoms with E-state index in [2.05, 4.69) is 58.7 Å². The molecule has 0 bridgehead atoms. The van der Waals surface area contributed by atoms with E-state index in [1.54, 1.807) is 17.5 Å². The standard InChI is InChI=1S/C20H24N4OS.HI/c1-4-21-20(23-11-17-10-7-15(3)26-17)24-13-19-22-12-18(25-19)16-8-5-14(2)6-9-16;/h5-10,12H,4,11,13H2,1-3H3,(H2,21,23,24);1H. The number of benzene rings is 1. The molecule has 0 aliphatic rings. The first-order chi connectivity index (χ1) is 12.6. The highest BCUT2D eigenvalue weighted by molar-refractivity contribution is 14.0. The third-order valence-corrected chi connectivity index (χ3v) is 4.83. The Labute approximate surface area is 181 Å². The largest absolute Gasteiger partial charge is 0.439 e. The Hall–Kier alpha value is -1.87. The van der Waals surface area contributed by atoms with E-state index in [9.17, 15) is 0 Å². The fraction of sp³-hybridized carbons (Fsp3) is 0.300. The molecule has 2 N–H and O–H groups in total. The van der Waals surface area contributed by atoms with E-state index in [1.165, 1.54) is 15.3 Å². The van der Waals surface area contributed by atoms with Crippen LogP contribution in [0.2, 0.25) is 0 Å². The van der Waals surface area contributed by atoms with Crippen molar-refractivity contribution in [3.8, 4) is 11.3 Å². The molecule has 3 rings (SSSR count). The van der Waals surface area contributed by atoms with E-state index in [0.717, 1.165) is 30.4 Å². The molecule has 0 aliphatic carbocycles. The summed E-state index contributed by atoms with van der Waals surface area (Å²) in [6.07, 6.45) is 1.75. The summed E-state index contributed by atoms with van der Waals surface area (Å²) in [6, 6.07) is 12.5. The maximum Gasteiger partial charge on any atom is 0.216 e. The Balaban J connectivity index is 0.00000261. The summed E-state index contributed by atoms with van der Waals surface area (Å²) < 4.78 is 5.83. The predicted molar refractivity (Wildman–Crippen MR) is 123 cm³/mol. The molecule has 1 aromatic carbocycles. The maximum absolute atomic E-state index is 5.83. The van der Waals surface area contributed by atoms with Crippen molar-refractivity contribution in [1.82, 2.24) is 15.6 Å². The molecule has 2 heterocycles. The zero-order valence-corrected chi connectivity index (χ0v) is 18.9. The molecule has 2 aromatic heterocycles. The van der Waals surface area contributed by atoms with E-state index in [1.807, 2.05) is 19.1 Å².